The minimum absolute atomic E-state index is 0. The van der Waals surface area contributed by atoms with Gasteiger partial charge < -0.3 is 10.2 Å². The van der Waals surface area contributed by atoms with Crippen molar-refractivity contribution in [1.29, 1.82) is 0 Å². The van der Waals surface area contributed by atoms with E-state index in [9.17, 15) is 13.2 Å². The standard InChI is InChI=1S/C7H8F3NO.ClH/c1-4-2-3-5(12-4)6(11)7(8,9)10;/h2-3,6H,11H2,1H3;1H/t6-;/m1./s1. The molecule has 0 unspecified atom stereocenters. The van der Waals surface area contributed by atoms with Crippen molar-refractivity contribution in [2.24, 2.45) is 5.73 Å². The van der Waals surface area contributed by atoms with Crippen LogP contribution in [-0.4, -0.2) is 6.18 Å². The summed E-state index contributed by atoms with van der Waals surface area (Å²) in [5.74, 6) is 0.171. The van der Waals surface area contributed by atoms with Gasteiger partial charge in [-0.3, -0.25) is 0 Å². The Morgan fingerprint density at radius 1 is 1.38 bits per heavy atom. The van der Waals surface area contributed by atoms with Crippen LogP contribution in [-0.2, 0) is 0 Å². The molecule has 0 aliphatic heterocycles. The molecule has 0 bridgehead atoms. The first-order valence-electron chi connectivity index (χ1n) is 3.30. The number of nitrogens with two attached hydrogens (primary N) is 1. The average Bonchev–Trinajstić information content (AvgIpc) is 2.32. The number of rotatable bonds is 1. The molecular weight excluding hydrogens is 207 g/mol. The third-order valence-electron chi connectivity index (χ3n) is 1.42. The maximum absolute atomic E-state index is 12.0. The SMILES string of the molecule is Cc1ccc([C@@H](N)C(F)(F)F)o1.Cl. The number of furan rings is 1. The molecule has 0 spiro atoms. The van der Waals surface area contributed by atoms with Gasteiger partial charge in [-0.05, 0) is 19.1 Å². The highest BCUT2D eigenvalue weighted by Crippen LogP contribution is 2.30. The summed E-state index contributed by atoms with van der Waals surface area (Å²) < 4.78 is 40.6. The van der Waals surface area contributed by atoms with Crippen molar-refractivity contribution >= 4 is 12.4 Å². The van der Waals surface area contributed by atoms with Crippen molar-refractivity contribution in [3.63, 3.8) is 0 Å². The predicted octanol–water partition coefficient (Wildman–Crippen LogP) is 2.57. The minimum Gasteiger partial charge on any atom is -0.464 e. The van der Waals surface area contributed by atoms with Crippen LogP contribution in [0.3, 0.4) is 0 Å². The van der Waals surface area contributed by atoms with Gasteiger partial charge in [0, 0.05) is 0 Å². The second-order valence-electron chi connectivity index (χ2n) is 2.47. The molecule has 13 heavy (non-hydrogen) atoms. The molecular formula is C7H9ClF3NO. The molecule has 0 aliphatic rings. The number of hydrogen-bond donors (Lipinski definition) is 1. The van der Waals surface area contributed by atoms with Gasteiger partial charge in [-0.1, -0.05) is 0 Å². The summed E-state index contributed by atoms with van der Waals surface area (Å²) >= 11 is 0. The van der Waals surface area contributed by atoms with Crippen molar-refractivity contribution in [2.45, 2.75) is 19.1 Å². The van der Waals surface area contributed by atoms with Gasteiger partial charge in [0.25, 0.3) is 0 Å². The van der Waals surface area contributed by atoms with Crippen LogP contribution in [0.1, 0.15) is 17.6 Å². The van der Waals surface area contributed by atoms with Gasteiger partial charge in [-0.25, -0.2) is 0 Å². The van der Waals surface area contributed by atoms with Crippen LogP contribution in [0, 0.1) is 6.92 Å². The Bertz CT molecular complexity index is 271. The first-order chi connectivity index (χ1) is 5.41. The summed E-state index contributed by atoms with van der Waals surface area (Å²) in [6.07, 6.45) is -4.44. The van der Waals surface area contributed by atoms with Crippen LogP contribution in [0.25, 0.3) is 0 Å². The van der Waals surface area contributed by atoms with Gasteiger partial charge in [0.05, 0.1) is 0 Å². The normalized spacial score (nSPS) is 13.6. The summed E-state index contributed by atoms with van der Waals surface area (Å²) in [7, 11) is 0. The van der Waals surface area contributed by atoms with Crippen LogP contribution in [0.4, 0.5) is 13.2 Å². The van der Waals surface area contributed by atoms with Crippen molar-refractivity contribution in [1.82, 2.24) is 0 Å². The van der Waals surface area contributed by atoms with Crippen molar-refractivity contribution in [3.05, 3.63) is 23.7 Å². The Kier molecular flexibility index (Phi) is 3.81. The molecule has 2 N–H and O–H groups in total. The monoisotopic (exact) mass is 215 g/mol. The minimum atomic E-state index is -4.44. The van der Waals surface area contributed by atoms with Crippen LogP contribution >= 0.6 is 12.4 Å². The van der Waals surface area contributed by atoms with E-state index in [0.717, 1.165) is 0 Å². The van der Waals surface area contributed by atoms with Crippen molar-refractivity contribution in [3.8, 4) is 0 Å². The van der Waals surface area contributed by atoms with E-state index in [1.165, 1.54) is 12.1 Å². The van der Waals surface area contributed by atoms with Gasteiger partial charge in [0.1, 0.15) is 11.5 Å². The molecule has 76 valence electrons. The van der Waals surface area contributed by atoms with Crippen LogP contribution < -0.4 is 5.73 Å². The Balaban J connectivity index is 0.00000144. The Morgan fingerprint density at radius 3 is 2.23 bits per heavy atom. The molecule has 6 heteroatoms. The highest BCUT2D eigenvalue weighted by atomic mass is 35.5. The fourth-order valence-corrected chi connectivity index (χ4v) is 0.782. The molecule has 0 fully saturated rings. The lowest BCUT2D eigenvalue weighted by Gasteiger charge is -2.12. The van der Waals surface area contributed by atoms with E-state index in [4.69, 9.17) is 10.2 Å². The molecule has 2 nitrogen and oxygen atoms in total. The third-order valence-corrected chi connectivity index (χ3v) is 1.42. The van der Waals surface area contributed by atoms with E-state index in [1.807, 2.05) is 0 Å². The van der Waals surface area contributed by atoms with E-state index in [2.05, 4.69) is 0 Å². The molecule has 1 atom stereocenters. The molecule has 0 amide bonds. The van der Waals surface area contributed by atoms with E-state index in [1.54, 1.807) is 6.92 Å². The molecule has 0 aromatic carbocycles. The Morgan fingerprint density at radius 2 is 1.92 bits per heavy atom. The molecule has 0 aliphatic carbocycles. The molecule has 1 aromatic rings. The Labute approximate surface area is 79.3 Å². The fraction of sp³-hybridized carbons (Fsp3) is 0.429. The number of hydrogen-bond acceptors (Lipinski definition) is 2. The predicted molar refractivity (Wildman–Crippen MR) is 43.7 cm³/mol. The van der Waals surface area contributed by atoms with Gasteiger partial charge >= 0.3 is 6.18 Å². The lowest BCUT2D eigenvalue weighted by atomic mass is 10.2. The quantitative estimate of drug-likeness (QED) is 0.782. The van der Waals surface area contributed by atoms with Gasteiger partial charge in [-0.2, -0.15) is 13.2 Å². The highest BCUT2D eigenvalue weighted by molar-refractivity contribution is 5.85. The largest absolute Gasteiger partial charge is 0.464 e. The molecule has 1 rings (SSSR count). The van der Waals surface area contributed by atoms with Crippen LogP contribution in [0.5, 0.6) is 0 Å². The second-order valence-corrected chi connectivity index (χ2v) is 2.47. The zero-order valence-electron chi connectivity index (χ0n) is 6.76. The Hall–Kier alpha value is -0.680. The lowest BCUT2D eigenvalue weighted by molar-refractivity contribution is -0.152. The lowest BCUT2D eigenvalue weighted by Crippen LogP contribution is -2.27. The maximum Gasteiger partial charge on any atom is 0.410 e. The number of aryl methyl sites for hydroxylation is 1. The number of alkyl halides is 3. The summed E-state index contributed by atoms with van der Waals surface area (Å²) in [5, 5.41) is 0. The smallest absolute Gasteiger partial charge is 0.410 e. The first-order valence-corrected chi connectivity index (χ1v) is 3.30. The fourth-order valence-electron chi connectivity index (χ4n) is 0.782. The molecule has 0 saturated heterocycles. The maximum atomic E-state index is 12.0. The summed E-state index contributed by atoms with van der Waals surface area (Å²) in [4.78, 5) is 0. The molecule has 0 saturated carbocycles. The zero-order chi connectivity index (χ0) is 9.35. The highest BCUT2D eigenvalue weighted by Gasteiger charge is 2.39. The van der Waals surface area contributed by atoms with Crippen molar-refractivity contribution < 1.29 is 17.6 Å². The first kappa shape index (κ1) is 12.3. The van der Waals surface area contributed by atoms with Gasteiger partial charge in [0.15, 0.2) is 6.04 Å². The molecule has 0 radical (unpaired) electrons. The molecule has 1 heterocycles. The number of halogens is 4. The molecule has 1 aromatic heterocycles. The summed E-state index contributed by atoms with van der Waals surface area (Å²) in [5.41, 5.74) is 4.87. The summed E-state index contributed by atoms with van der Waals surface area (Å²) in [6, 6.07) is 0.653. The van der Waals surface area contributed by atoms with E-state index >= 15 is 0 Å². The zero-order valence-corrected chi connectivity index (χ0v) is 7.58. The second kappa shape index (κ2) is 4.02. The third kappa shape index (κ3) is 2.93. The topological polar surface area (TPSA) is 39.2 Å². The van der Waals surface area contributed by atoms with E-state index < -0.39 is 12.2 Å². The average molecular weight is 216 g/mol. The van der Waals surface area contributed by atoms with Crippen LogP contribution in [0.15, 0.2) is 16.5 Å². The van der Waals surface area contributed by atoms with Gasteiger partial charge in [-0.15, -0.1) is 12.4 Å². The van der Waals surface area contributed by atoms with E-state index in [-0.39, 0.29) is 18.2 Å². The van der Waals surface area contributed by atoms with Crippen molar-refractivity contribution in [2.75, 3.05) is 0 Å². The van der Waals surface area contributed by atoms with E-state index in [0.29, 0.717) is 5.76 Å². The summed E-state index contributed by atoms with van der Waals surface area (Å²) in [6.45, 7) is 1.56. The van der Waals surface area contributed by atoms with Crippen LogP contribution in [0.2, 0.25) is 0 Å². The van der Waals surface area contributed by atoms with Gasteiger partial charge in [0.2, 0.25) is 0 Å².